The number of carbonyl (C=O) groups is 1. The Morgan fingerprint density at radius 1 is 1.04 bits per heavy atom. The number of hydrogen-bond acceptors (Lipinski definition) is 6. The van der Waals surface area contributed by atoms with Gasteiger partial charge in [-0.3, -0.25) is 4.79 Å². The highest BCUT2D eigenvalue weighted by molar-refractivity contribution is 7.13. The summed E-state index contributed by atoms with van der Waals surface area (Å²) in [6.45, 7) is 0.228. The zero-order valence-corrected chi connectivity index (χ0v) is 16.4. The lowest BCUT2D eigenvalue weighted by Crippen LogP contribution is -2.23. The summed E-state index contributed by atoms with van der Waals surface area (Å²) in [7, 11) is 4.63. The largest absolute Gasteiger partial charge is 0.496 e. The molecule has 0 radical (unpaired) electrons. The fourth-order valence-electron chi connectivity index (χ4n) is 2.60. The van der Waals surface area contributed by atoms with E-state index in [1.54, 1.807) is 51.0 Å². The normalized spacial score (nSPS) is 10.4. The first-order valence-corrected chi connectivity index (χ1v) is 9.22. The third-order valence-corrected chi connectivity index (χ3v) is 4.95. The van der Waals surface area contributed by atoms with Crippen LogP contribution in [-0.4, -0.2) is 32.2 Å². The molecule has 6 nitrogen and oxygen atoms in total. The monoisotopic (exact) mass is 402 g/mol. The summed E-state index contributed by atoms with van der Waals surface area (Å²) >= 11 is 1.32. The van der Waals surface area contributed by atoms with Gasteiger partial charge in [0.2, 0.25) is 0 Å². The molecule has 0 saturated carbocycles. The first kappa shape index (κ1) is 19.6. The standard InChI is InChI=1S/C20H19FN2O4S/c1-25-16-9-18(27-3)17(26-2)8-13(16)10-22-19(24)15-11-28-20(23-15)12-4-6-14(21)7-5-12/h4-9,11H,10H2,1-3H3,(H,22,24). The van der Waals surface area contributed by atoms with Crippen LogP contribution >= 0.6 is 11.3 Å². The number of thiazole rings is 1. The Morgan fingerprint density at radius 2 is 1.68 bits per heavy atom. The molecule has 1 amide bonds. The van der Waals surface area contributed by atoms with E-state index in [9.17, 15) is 9.18 Å². The number of nitrogens with one attached hydrogen (secondary N) is 1. The van der Waals surface area contributed by atoms with Crippen LogP contribution in [0.15, 0.2) is 41.8 Å². The first-order chi connectivity index (χ1) is 13.5. The average molecular weight is 402 g/mol. The van der Waals surface area contributed by atoms with Crippen LogP contribution in [-0.2, 0) is 6.54 Å². The Kier molecular flexibility index (Phi) is 6.10. The van der Waals surface area contributed by atoms with Crippen LogP contribution in [0.1, 0.15) is 16.1 Å². The van der Waals surface area contributed by atoms with Crippen molar-refractivity contribution in [1.29, 1.82) is 0 Å². The number of nitrogens with zero attached hydrogens (tertiary/aromatic N) is 1. The highest BCUT2D eigenvalue weighted by Gasteiger charge is 2.15. The maximum Gasteiger partial charge on any atom is 0.271 e. The number of methoxy groups -OCH3 is 3. The highest BCUT2D eigenvalue weighted by Crippen LogP contribution is 2.34. The molecule has 3 rings (SSSR count). The molecule has 0 atom stereocenters. The van der Waals surface area contributed by atoms with E-state index in [0.717, 1.165) is 11.1 Å². The van der Waals surface area contributed by atoms with Gasteiger partial charge in [0.25, 0.3) is 5.91 Å². The van der Waals surface area contributed by atoms with Crippen molar-refractivity contribution in [3.63, 3.8) is 0 Å². The van der Waals surface area contributed by atoms with Crippen molar-refractivity contribution in [2.24, 2.45) is 0 Å². The minimum Gasteiger partial charge on any atom is -0.496 e. The van der Waals surface area contributed by atoms with Crippen molar-refractivity contribution in [2.75, 3.05) is 21.3 Å². The predicted octanol–water partition coefficient (Wildman–Crippen LogP) is 3.91. The zero-order chi connectivity index (χ0) is 20.1. The van der Waals surface area contributed by atoms with E-state index in [-0.39, 0.29) is 18.3 Å². The third kappa shape index (κ3) is 4.23. The van der Waals surface area contributed by atoms with E-state index < -0.39 is 0 Å². The molecule has 146 valence electrons. The molecule has 1 N–H and O–H groups in total. The molecular formula is C20H19FN2O4S. The highest BCUT2D eigenvalue weighted by atomic mass is 32.1. The number of halogens is 1. The smallest absolute Gasteiger partial charge is 0.271 e. The molecule has 0 bridgehead atoms. The molecule has 2 aromatic carbocycles. The number of benzene rings is 2. The summed E-state index contributed by atoms with van der Waals surface area (Å²) in [6.07, 6.45) is 0. The second-order valence-corrected chi connectivity index (χ2v) is 6.60. The Balaban J connectivity index is 1.73. The van der Waals surface area contributed by atoms with Crippen molar-refractivity contribution >= 4 is 17.2 Å². The van der Waals surface area contributed by atoms with Gasteiger partial charge in [0.1, 0.15) is 22.3 Å². The zero-order valence-electron chi connectivity index (χ0n) is 15.6. The summed E-state index contributed by atoms with van der Waals surface area (Å²) < 4.78 is 29.0. The molecule has 0 fully saturated rings. The molecule has 1 aromatic heterocycles. The molecule has 1 heterocycles. The van der Waals surface area contributed by atoms with Crippen LogP contribution in [0.3, 0.4) is 0 Å². The number of ether oxygens (including phenoxy) is 3. The molecule has 8 heteroatoms. The summed E-state index contributed by atoms with van der Waals surface area (Å²) in [4.78, 5) is 16.8. The van der Waals surface area contributed by atoms with E-state index in [1.807, 2.05) is 0 Å². The van der Waals surface area contributed by atoms with Gasteiger partial charge in [-0.15, -0.1) is 11.3 Å². The lowest BCUT2D eigenvalue weighted by atomic mass is 10.1. The first-order valence-electron chi connectivity index (χ1n) is 8.34. The van der Waals surface area contributed by atoms with Gasteiger partial charge in [-0.25, -0.2) is 9.37 Å². The molecule has 0 saturated heterocycles. The fraction of sp³-hybridized carbons (Fsp3) is 0.200. The minimum absolute atomic E-state index is 0.228. The molecule has 0 aliphatic carbocycles. The number of carbonyl (C=O) groups excluding carboxylic acids is 1. The van der Waals surface area contributed by atoms with E-state index >= 15 is 0 Å². The number of aromatic nitrogens is 1. The molecule has 0 aliphatic heterocycles. The third-order valence-electron chi connectivity index (χ3n) is 4.05. The van der Waals surface area contributed by atoms with Crippen LogP contribution in [0.4, 0.5) is 4.39 Å². The van der Waals surface area contributed by atoms with E-state index in [0.29, 0.717) is 28.0 Å². The molecule has 0 aliphatic rings. The van der Waals surface area contributed by atoms with Gasteiger partial charge < -0.3 is 19.5 Å². The number of hydrogen-bond donors (Lipinski definition) is 1. The summed E-state index contributed by atoms with van der Waals surface area (Å²) in [5.74, 6) is 1.02. The molecule has 0 spiro atoms. The Morgan fingerprint density at radius 3 is 2.32 bits per heavy atom. The fourth-order valence-corrected chi connectivity index (χ4v) is 3.41. The Hall–Kier alpha value is -3.13. The SMILES string of the molecule is COc1cc(OC)c(OC)cc1CNC(=O)c1csc(-c2ccc(F)cc2)n1. The topological polar surface area (TPSA) is 69.7 Å². The Bertz CT molecular complexity index is 973. The minimum atomic E-state index is -0.318. The van der Waals surface area contributed by atoms with Crippen molar-refractivity contribution in [3.05, 3.63) is 58.9 Å². The van der Waals surface area contributed by atoms with Gasteiger partial charge in [-0.1, -0.05) is 0 Å². The van der Waals surface area contributed by atoms with E-state index in [1.165, 1.54) is 23.5 Å². The van der Waals surface area contributed by atoms with Crippen LogP contribution in [0.2, 0.25) is 0 Å². The summed E-state index contributed by atoms with van der Waals surface area (Å²) in [5, 5.41) is 5.14. The van der Waals surface area contributed by atoms with Crippen LogP contribution in [0.25, 0.3) is 10.6 Å². The lowest BCUT2D eigenvalue weighted by Gasteiger charge is -2.14. The van der Waals surface area contributed by atoms with Crippen molar-refractivity contribution in [1.82, 2.24) is 10.3 Å². The summed E-state index contributed by atoms with van der Waals surface area (Å²) in [5.41, 5.74) is 1.79. The lowest BCUT2D eigenvalue weighted by molar-refractivity contribution is 0.0946. The van der Waals surface area contributed by atoms with Crippen molar-refractivity contribution in [2.45, 2.75) is 6.54 Å². The maximum atomic E-state index is 13.1. The molecule has 3 aromatic rings. The van der Waals surface area contributed by atoms with E-state index in [4.69, 9.17) is 14.2 Å². The summed E-state index contributed by atoms with van der Waals surface area (Å²) in [6, 6.07) is 9.44. The van der Waals surface area contributed by atoms with E-state index in [2.05, 4.69) is 10.3 Å². The maximum absolute atomic E-state index is 13.1. The van der Waals surface area contributed by atoms with Gasteiger partial charge in [-0.2, -0.15) is 0 Å². The molecular weight excluding hydrogens is 383 g/mol. The number of amides is 1. The predicted molar refractivity (Wildman–Crippen MR) is 105 cm³/mol. The number of rotatable bonds is 7. The molecule has 0 unspecified atom stereocenters. The van der Waals surface area contributed by atoms with Gasteiger partial charge in [0.15, 0.2) is 11.5 Å². The van der Waals surface area contributed by atoms with Gasteiger partial charge in [0, 0.05) is 29.1 Å². The average Bonchev–Trinajstić information content (AvgIpc) is 3.22. The van der Waals surface area contributed by atoms with Gasteiger partial charge in [0.05, 0.1) is 21.3 Å². The van der Waals surface area contributed by atoms with Crippen LogP contribution in [0, 0.1) is 5.82 Å². The van der Waals surface area contributed by atoms with Crippen molar-refractivity contribution in [3.8, 4) is 27.8 Å². The molecule has 28 heavy (non-hydrogen) atoms. The second kappa shape index (κ2) is 8.71. The quantitative estimate of drug-likeness (QED) is 0.649. The van der Waals surface area contributed by atoms with Crippen molar-refractivity contribution < 1.29 is 23.4 Å². The van der Waals surface area contributed by atoms with Gasteiger partial charge >= 0.3 is 0 Å². The van der Waals surface area contributed by atoms with Gasteiger partial charge in [-0.05, 0) is 30.3 Å². The second-order valence-electron chi connectivity index (χ2n) is 5.75. The van der Waals surface area contributed by atoms with Crippen LogP contribution < -0.4 is 19.5 Å². The Labute approximate surface area is 165 Å². The van der Waals surface area contributed by atoms with Crippen LogP contribution in [0.5, 0.6) is 17.2 Å².